The maximum Gasteiger partial charge on any atom is 0.265 e. The van der Waals surface area contributed by atoms with Crippen molar-refractivity contribution in [3.63, 3.8) is 0 Å². The lowest BCUT2D eigenvalue weighted by Crippen LogP contribution is -2.01. The predicted octanol–water partition coefficient (Wildman–Crippen LogP) is 3.01. The molecule has 6 heteroatoms. The minimum atomic E-state index is -2.61. The highest BCUT2D eigenvalue weighted by Crippen LogP contribution is 2.31. The van der Waals surface area contributed by atoms with Crippen LogP contribution in [0.15, 0.2) is 10.7 Å². The van der Waals surface area contributed by atoms with E-state index < -0.39 is 6.43 Å². The molecule has 0 aromatic carbocycles. The maximum absolute atomic E-state index is 12.4. The van der Waals surface area contributed by atoms with E-state index in [1.165, 1.54) is 0 Å². The second-order valence-electron chi connectivity index (χ2n) is 2.55. The molecule has 0 aliphatic heterocycles. The second-order valence-corrected chi connectivity index (χ2v) is 3.61. The quantitative estimate of drug-likeness (QED) is 0.867. The lowest BCUT2D eigenvalue weighted by molar-refractivity contribution is 0.149. The summed E-state index contributed by atoms with van der Waals surface area (Å²) >= 11 is 8.62. The first-order valence-electron chi connectivity index (χ1n) is 3.73. The minimum absolute atomic E-state index is 0.0459. The van der Waals surface area contributed by atoms with Crippen molar-refractivity contribution < 1.29 is 13.9 Å². The van der Waals surface area contributed by atoms with Crippen LogP contribution in [0.4, 0.5) is 8.78 Å². The molecule has 0 radical (unpaired) electrons. The zero-order chi connectivity index (χ0) is 10.7. The highest BCUT2D eigenvalue weighted by Gasteiger charge is 2.17. The number of aliphatic hydroxyl groups is 1. The molecule has 0 unspecified atom stereocenters. The van der Waals surface area contributed by atoms with Gasteiger partial charge in [0.2, 0.25) is 0 Å². The van der Waals surface area contributed by atoms with Crippen molar-refractivity contribution in [2.24, 2.45) is 0 Å². The topological polar surface area (TPSA) is 33.1 Å². The van der Waals surface area contributed by atoms with Gasteiger partial charge in [0.25, 0.3) is 6.43 Å². The summed E-state index contributed by atoms with van der Waals surface area (Å²) in [5, 5.41) is 8.84. The van der Waals surface area contributed by atoms with E-state index in [9.17, 15) is 8.78 Å². The van der Waals surface area contributed by atoms with Gasteiger partial charge in [0, 0.05) is 22.1 Å². The molecule has 0 saturated carbocycles. The van der Waals surface area contributed by atoms with Gasteiger partial charge in [0.1, 0.15) is 0 Å². The Labute approximate surface area is 93.0 Å². The molecule has 0 bridgehead atoms. The molecule has 0 spiro atoms. The van der Waals surface area contributed by atoms with E-state index in [4.69, 9.17) is 16.7 Å². The van der Waals surface area contributed by atoms with Crippen molar-refractivity contribution in [2.45, 2.75) is 18.9 Å². The van der Waals surface area contributed by atoms with Crippen LogP contribution in [0.2, 0.25) is 0 Å². The monoisotopic (exact) mass is 285 g/mol. The van der Waals surface area contributed by atoms with Crippen LogP contribution in [0.1, 0.15) is 23.2 Å². The number of nitrogens with zero attached hydrogens (tertiary/aromatic N) is 1. The number of aromatic nitrogens is 1. The summed E-state index contributed by atoms with van der Waals surface area (Å²) < 4.78 is 25.3. The summed E-state index contributed by atoms with van der Waals surface area (Å²) in [6.07, 6.45) is -1.57. The maximum atomic E-state index is 12.4. The normalized spacial score (nSPS) is 11.0. The van der Waals surface area contributed by atoms with Gasteiger partial charge in [-0.3, -0.25) is 4.98 Å². The Bertz CT molecular complexity index is 335. The van der Waals surface area contributed by atoms with Gasteiger partial charge < -0.3 is 5.11 Å². The Morgan fingerprint density at radius 2 is 2.21 bits per heavy atom. The highest BCUT2D eigenvalue weighted by atomic mass is 79.9. The molecule has 0 saturated heterocycles. The minimum Gasteiger partial charge on any atom is -0.390 e. The number of pyridine rings is 1. The zero-order valence-electron chi connectivity index (χ0n) is 6.98. The van der Waals surface area contributed by atoms with E-state index in [1.54, 1.807) is 0 Å². The van der Waals surface area contributed by atoms with Gasteiger partial charge in [-0.15, -0.1) is 11.6 Å². The van der Waals surface area contributed by atoms with Crippen LogP contribution in [0.3, 0.4) is 0 Å². The van der Waals surface area contributed by atoms with Gasteiger partial charge >= 0.3 is 0 Å². The molecule has 2 nitrogen and oxygen atoms in total. The summed E-state index contributed by atoms with van der Waals surface area (Å²) in [6.45, 7) is -0.312. The Kier molecular flexibility index (Phi) is 4.22. The molecule has 0 aliphatic carbocycles. The first-order valence-corrected chi connectivity index (χ1v) is 5.05. The summed E-state index contributed by atoms with van der Waals surface area (Å²) in [5.41, 5.74) is 0.384. The number of hydrogen-bond donors (Lipinski definition) is 1. The fourth-order valence-corrected chi connectivity index (χ4v) is 2.06. The van der Waals surface area contributed by atoms with E-state index in [1.807, 2.05) is 0 Å². The van der Waals surface area contributed by atoms with E-state index in [-0.39, 0.29) is 23.6 Å². The Hall–Kier alpha value is -0.260. The third kappa shape index (κ3) is 2.21. The molecule has 1 aromatic rings. The molecule has 0 fully saturated rings. The molecular weight excluding hydrogens is 279 g/mol. The fourth-order valence-electron chi connectivity index (χ4n) is 1.02. The van der Waals surface area contributed by atoms with Crippen LogP contribution in [-0.4, -0.2) is 10.1 Å². The first kappa shape index (κ1) is 11.8. The zero-order valence-corrected chi connectivity index (χ0v) is 9.32. The first-order chi connectivity index (χ1) is 6.61. The van der Waals surface area contributed by atoms with E-state index in [0.29, 0.717) is 10.2 Å². The number of halogens is 4. The Morgan fingerprint density at radius 1 is 1.57 bits per heavy atom. The standard InChI is InChI=1S/C8H7BrClF2NO/c9-7-4(1-10)5(8(11)12)2-13-6(7)3-14/h2,8,14H,1,3H2. The third-order valence-electron chi connectivity index (χ3n) is 1.74. The van der Waals surface area contributed by atoms with E-state index >= 15 is 0 Å². The molecule has 1 heterocycles. The summed E-state index contributed by atoms with van der Waals surface area (Å²) in [4.78, 5) is 3.69. The van der Waals surface area contributed by atoms with Crippen molar-refractivity contribution in [3.05, 3.63) is 27.5 Å². The van der Waals surface area contributed by atoms with Gasteiger partial charge in [-0.1, -0.05) is 0 Å². The van der Waals surface area contributed by atoms with Crippen LogP contribution in [0.5, 0.6) is 0 Å². The molecule has 1 aromatic heterocycles. The van der Waals surface area contributed by atoms with Gasteiger partial charge in [0.05, 0.1) is 12.3 Å². The van der Waals surface area contributed by atoms with Crippen molar-refractivity contribution in [1.29, 1.82) is 0 Å². The van der Waals surface area contributed by atoms with Crippen LogP contribution in [0.25, 0.3) is 0 Å². The van der Waals surface area contributed by atoms with Crippen LogP contribution in [-0.2, 0) is 12.5 Å². The number of rotatable bonds is 3. The van der Waals surface area contributed by atoms with E-state index in [0.717, 1.165) is 6.20 Å². The van der Waals surface area contributed by atoms with Crippen molar-refractivity contribution in [2.75, 3.05) is 0 Å². The Balaban J connectivity index is 3.28. The molecule has 1 rings (SSSR count). The average Bonchev–Trinajstić information content (AvgIpc) is 2.17. The van der Waals surface area contributed by atoms with Gasteiger partial charge in [-0.05, 0) is 21.5 Å². The lowest BCUT2D eigenvalue weighted by Gasteiger charge is -2.10. The lowest BCUT2D eigenvalue weighted by atomic mass is 10.1. The van der Waals surface area contributed by atoms with Crippen molar-refractivity contribution in [3.8, 4) is 0 Å². The SMILES string of the molecule is OCc1ncc(C(F)F)c(CCl)c1Br. The number of hydrogen-bond acceptors (Lipinski definition) is 2. The predicted molar refractivity (Wildman–Crippen MR) is 52.4 cm³/mol. The third-order valence-corrected chi connectivity index (χ3v) is 2.95. The van der Waals surface area contributed by atoms with Gasteiger partial charge in [0.15, 0.2) is 0 Å². The van der Waals surface area contributed by atoms with Gasteiger partial charge in [-0.25, -0.2) is 8.78 Å². The molecule has 0 aliphatic rings. The molecule has 1 N–H and O–H groups in total. The number of alkyl halides is 3. The Morgan fingerprint density at radius 3 is 2.64 bits per heavy atom. The van der Waals surface area contributed by atoms with Crippen LogP contribution < -0.4 is 0 Å². The van der Waals surface area contributed by atoms with Crippen LogP contribution in [0, 0.1) is 0 Å². The van der Waals surface area contributed by atoms with Crippen molar-refractivity contribution in [1.82, 2.24) is 4.98 Å². The molecule has 0 atom stereocenters. The van der Waals surface area contributed by atoms with Gasteiger partial charge in [-0.2, -0.15) is 0 Å². The molecular formula is C8H7BrClF2NO. The van der Waals surface area contributed by atoms with Crippen molar-refractivity contribution >= 4 is 27.5 Å². The second kappa shape index (κ2) is 5.00. The molecule has 78 valence electrons. The highest BCUT2D eigenvalue weighted by molar-refractivity contribution is 9.10. The van der Waals surface area contributed by atoms with Crippen LogP contribution >= 0.6 is 27.5 Å². The number of aliphatic hydroxyl groups excluding tert-OH is 1. The smallest absolute Gasteiger partial charge is 0.265 e. The summed E-state index contributed by atoms with van der Waals surface area (Å²) in [6, 6.07) is 0. The average molecular weight is 287 g/mol. The molecule has 14 heavy (non-hydrogen) atoms. The summed E-state index contributed by atoms with van der Waals surface area (Å²) in [7, 11) is 0. The largest absolute Gasteiger partial charge is 0.390 e. The summed E-state index contributed by atoms with van der Waals surface area (Å²) in [5.74, 6) is -0.0459. The fraction of sp³-hybridized carbons (Fsp3) is 0.375. The molecule has 0 amide bonds. The van der Waals surface area contributed by atoms with E-state index in [2.05, 4.69) is 20.9 Å².